The molecular formula is C27H32N4O3. The second-order valence-electron chi connectivity index (χ2n) is 8.64. The molecule has 0 radical (unpaired) electrons. The first-order chi connectivity index (χ1) is 16.2. The van der Waals surface area contributed by atoms with Gasteiger partial charge in [0.15, 0.2) is 0 Å². The molecule has 2 unspecified atom stereocenters. The Bertz CT molecular complexity index is 1260. The lowest BCUT2D eigenvalue weighted by Crippen LogP contribution is -2.22. The van der Waals surface area contributed by atoms with Crippen LogP contribution in [0.2, 0.25) is 0 Å². The van der Waals surface area contributed by atoms with Gasteiger partial charge >= 0.3 is 0 Å². The molecule has 34 heavy (non-hydrogen) atoms. The van der Waals surface area contributed by atoms with Crippen molar-refractivity contribution in [2.24, 2.45) is 18.9 Å². The average molecular weight is 461 g/mol. The molecule has 1 fully saturated rings. The number of rotatable bonds is 9. The van der Waals surface area contributed by atoms with Gasteiger partial charge in [0.05, 0.1) is 25.0 Å². The van der Waals surface area contributed by atoms with Crippen molar-refractivity contribution in [1.82, 2.24) is 14.5 Å². The maximum Gasteiger partial charge on any atom is 0.268 e. The first kappa shape index (κ1) is 25.0. The number of methoxy groups -OCH3 is 1. The van der Waals surface area contributed by atoms with Crippen molar-refractivity contribution in [2.45, 2.75) is 40.5 Å². The predicted octanol–water partition coefficient (Wildman–Crippen LogP) is 4.79. The Balaban J connectivity index is 1.86. The molecule has 3 rings (SSSR count). The van der Waals surface area contributed by atoms with Gasteiger partial charge in [0.2, 0.25) is 5.88 Å². The molecule has 0 bridgehead atoms. The summed E-state index contributed by atoms with van der Waals surface area (Å²) in [5.41, 5.74) is 4.20. The Kier molecular flexibility index (Phi) is 7.72. The molecule has 0 aliphatic heterocycles. The van der Waals surface area contributed by atoms with Crippen molar-refractivity contribution in [3.05, 3.63) is 75.3 Å². The summed E-state index contributed by atoms with van der Waals surface area (Å²) in [6.45, 7) is 12.4. The van der Waals surface area contributed by atoms with Gasteiger partial charge in [0, 0.05) is 30.4 Å². The fraction of sp³-hybridized carbons (Fsp3) is 0.407. The summed E-state index contributed by atoms with van der Waals surface area (Å²) in [7, 11) is 3.32. The minimum Gasteiger partial charge on any atom is -0.501 e. The van der Waals surface area contributed by atoms with Crippen LogP contribution in [-0.4, -0.2) is 28.3 Å². The van der Waals surface area contributed by atoms with Crippen molar-refractivity contribution >= 4 is 0 Å². The fourth-order valence-electron chi connectivity index (χ4n) is 3.90. The summed E-state index contributed by atoms with van der Waals surface area (Å²) in [6, 6.07) is 3.57. The average Bonchev–Trinajstić information content (AvgIpc) is 3.60. The Morgan fingerprint density at radius 1 is 1.35 bits per heavy atom. The van der Waals surface area contributed by atoms with E-state index in [-0.39, 0.29) is 11.1 Å². The summed E-state index contributed by atoms with van der Waals surface area (Å²) in [5, 5.41) is 9.39. The number of allylic oxidation sites excluding steroid dienone is 5. The van der Waals surface area contributed by atoms with Crippen molar-refractivity contribution in [3.8, 4) is 23.1 Å². The maximum absolute atomic E-state index is 12.3. The highest BCUT2D eigenvalue weighted by atomic mass is 16.5. The van der Waals surface area contributed by atoms with Crippen LogP contribution in [0.5, 0.6) is 5.88 Å². The minimum atomic E-state index is -0.326. The quantitative estimate of drug-likeness (QED) is 0.395. The van der Waals surface area contributed by atoms with E-state index in [4.69, 9.17) is 9.47 Å². The summed E-state index contributed by atoms with van der Waals surface area (Å²) in [4.78, 5) is 21.2. The van der Waals surface area contributed by atoms with Gasteiger partial charge in [-0.3, -0.25) is 4.79 Å². The van der Waals surface area contributed by atoms with Gasteiger partial charge in [-0.05, 0) is 57.2 Å². The second kappa shape index (κ2) is 10.5. The molecule has 0 amide bonds. The van der Waals surface area contributed by atoms with E-state index in [1.54, 1.807) is 33.3 Å². The number of hydrogen-bond donors (Lipinski definition) is 0. The van der Waals surface area contributed by atoms with Crippen LogP contribution in [0.25, 0.3) is 11.1 Å². The summed E-state index contributed by atoms with van der Waals surface area (Å²) < 4.78 is 12.9. The summed E-state index contributed by atoms with van der Waals surface area (Å²) in [5.74, 6) is 2.63. The Morgan fingerprint density at radius 2 is 2.09 bits per heavy atom. The van der Waals surface area contributed by atoms with Crippen LogP contribution in [0, 0.1) is 37.0 Å². The van der Waals surface area contributed by atoms with Crippen LogP contribution in [0.15, 0.2) is 52.7 Å². The third-order valence-electron chi connectivity index (χ3n) is 6.41. The fourth-order valence-corrected chi connectivity index (χ4v) is 3.90. The summed E-state index contributed by atoms with van der Waals surface area (Å²) >= 11 is 0. The van der Waals surface area contributed by atoms with Gasteiger partial charge in [-0.1, -0.05) is 25.2 Å². The topological polar surface area (TPSA) is 90.0 Å². The molecular weight excluding hydrogens is 428 g/mol. The number of pyridine rings is 1. The normalized spacial score (nSPS) is 17.8. The van der Waals surface area contributed by atoms with E-state index in [1.807, 2.05) is 26.0 Å². The molecule has 7 nitrogen and oxygen atoms in total. The molecule has 0 N–H and O–H groups in total. The number of nitriles is 1. The molecule has 0 saturated heterocycles. The second-order valence-corrected chi connectivity index (χ2v) is 8.64. The third-order valence-corrected chi connectivity index (χ3v) is 6.41. The molecule has 2 heterocycles. The maximum atomic E-state index is 12.3. The standard InChI is InChI=1S/C27H32N4O3/c1-8-16(2)22(10-9-17(3)33-7)24-12-21(24)15-34-26-25(14-29-19(5)30-26)23-11-20(13-28)27(32)31(6)18(23)4/h9-11,14,21,24H,2,8,12,15H2,1,3-7H3. The number of nitrogens with zero attached hydrogens (tertiary/aromatic N) is 4. The smallest absolute Gasteiger partial charge is 0.268 e. The van der Waals surface area contributed by atoms with Crippen molar-refractivity contribution < 1.29 is 9.47 Å². The van der Waals surface area contributed by atoms with Crippen LogP contribution in [0.4, 0.5) is 0 Å². The molecule has 1 aliphatic rings. The van der Waals surface area contributed by atoms with Crippen molar-refractivity contribution in [3.63, 3.8) is 0 Å². The lowest BCUT2D eigenvalue weighted by atomic mass is 9.99. The molecule has 1 aliphatic carbocycles. The van der Waals surface area contributed by atoms with Crippen molar-refractivity contribution in [1.29, 1.82) is 5.26 Å². The van der Waals surface area contributed by atoms with E-state index in [9.17, 15) is 10.1 Å². The van der Waals surface area contributed by atoms with Gasteiger partial charge in [0.25, 0.3) is 5.56 Å². The predicted molar refractivity (Wildman–Crippen MR) is 132 cm³/mol. The van der Waals surface area contributed by atoms with Crippen molar-refractivity contribution in [2.75, 3.05) is 13.7 Å². The molecule has 2 aromatic rings. The van der Waals surface area contributed by atoms with Crippen LogP contribution >= 0.6 is 0 Å². The lowest BCUT2D eigenvalue weighted by Gasteiger charge is -2.15. The first-order valence-electron chi connectivity index (χ1n) is 11.4. The van der Waals surface area contributed by atoms with E-state index < -0.39 is 0 Å². The molecule has 2 aromatic heterocycles. The number of hydrogen-bond acceptors (Lipinski definition) is 6. The van der Waals surface area contributed by atoms with Crippen LogP contribution in [-0.2, 0) is 11.8 Å². The SMILES string of the molecule is C=C(CC)C(=CC=C(C)OC)C1CC1COc1nc(C)ncc1-c1cc(C#N)c(=O)n(C)c1C. The first-order valence-corrected chi connectivity index (χ1v) is 11.4. The van der Waals surface area contributed by atoms with E-state index in [1.165, 1.54) is 10.1 Å². The number of aryl methyl sites for hydroxylation is 1. The van der Waals surface area contributed by atoms with E-state index in [0.29, 0.717) is 41.3 Å². The highest BCUT2D eigenvalue weighted by molar-refractivity contribution is 5.71. The van der Waals surface area contributed by atoms with Gasteiger partial charge in [-0.2, -0.15) is 10.2 Å². The summed E-state index contributed by atoms with van der Waals surface area (Å²) in [6.07, 6.45) is 7.68. The Labute approximate surface area is 201 Å². The highest BCUT2D eigenvalue weighted by Crippen LogP contribution is 2.47. The van der Waals surface area contributed by atoms with Gasteiger partial charge in [-0.25, -0.2) is 4.98 Å². The largest absolute Gasteiger partial charge is 0.501 e. The molecule has 178 valence electrons. The Morgan fingerprint density at radius 3 is 2.74 bits per heavy atom. The van der Waals surface area contributed by atoms with E-state index >= 15 is 0 Å². The van der Waals surface area contributed by atoms with Gasteiger partial charge < -0.3 is 14.0 Å². The zero-order valence-corrected chi connectivity index (χ0v) is 20.8. The molecule has 2 atom stereocenters. The van der Waals surface area contributed by atoms with E-state index in [2.05, 4.69) is 29.5 Å². The monoisotopic (exact) mass is 460 g/mol. The molecule has 0 spiro atoms. The van der Waals surface area contributed by atoms with E-state index in [0.717, 1.165) is 29.9 Å². The zero-order chi connectivity index (χ0) is 25.0. The molecule has 1 saturated carbocycles. The number of aromatic nitrogens is 3. The third kappa shape index (κ3) is 5.28. The van der Waals surface area contributed by atoms with Crippen LogP contribution in [0.3, 0.4) is 0 Å². The number of ether oxygens (including phenoxy) is 2. The van der Waals surface area contributed by atoms with Crippen LogP contribution in [0.1, 0.15) is 43.8 Å². The molecule has 7 heteroatoms. The lowest BCUT2D eigenvalue weighted by molar-refractivity contribution is 0.283. The highest BCUT2D eigenvalue weighted by Gasteiger charge is 2.41. The molecule has 0 aromatic carbocycles. The Hall–Kier alpha value is -3.66. The van der Waals surface area contributed by atoms with Gasteiger partial charge in [-0.15, -0.1) is 0 Å². The zero-order valence-electron chi connectivity index (χ0n) is 20.8. The minimum absolute atomic E-state index is 0.0733. The van der Waals surface area contributed by atoms with Gasteiger partial charge in [0.1, 0.15) is 17.5 Å². The van der Waals surface area contributed by atoms with Crippen LogP contribution < -0.4 is 10.3 Å².